The first kappa shape index (κ1) is 23.9. The number of hydrogen-bond acceptors (Lipinski definition) is 4. The van der Waals surface area contributed by atoms with Crippen molar-refractivity contribution in [1.82, 2.24) is 0 Å². The minimum atomic E-state index is -0.524. The normalized spacial score (nSPS) is 11.0. The van der Waals surface area contributed by atoms with Gasteiger partial charge in [-0.25, -0.2) is 0 Å². The first-order valence-corrected chi connectivity index (χ1v) is 10.7. The summed E-state index contributed by atoms with van der Waals surface area (Å²) < 4.78 is 11.5. The van der Waals surface area contributed by atoms with Crippen molar-refractivity contribution in [2.75, 3.05) is 12.4 Å². The third kappa shape index (κ3) is 6.15. The Hall–Kier alpha value is -3.75. The van der Waals surface area contributed by atoms with Gasteiger partial charge in [0.25, 0.3) is 5.91 Å². The van der Waals surface area contributed by atoms with E-state index in [2.05, 4.69) is 38.2 Å². The molecular weight excluding hydrogens is 436 g/mol. The molecule has 0 unspecified atom stereocenters. The van der Waals surface area contributed by atoms with E-state index in [1.807, 2.05) is 6.07 Å². The summed E-state index contributed by atoms with van der Waals surface area (Å²) >= 11 is 5.95. The van der Waals surface area contributed by atoms with Gasteiger partial charge in [-0.05, 0) is 79.4 Å². The number of aryl methyl sites for hydroxylation is 3. The van der Waals surface area contributed by atoms with Crippen molar-refractivity contribution in [2.24, 2.45) is 0 Å². The minimum Gasteiger partial charge on any atom is -0.493 e. The Balaban J connectivity index is 1.78. The van der Waals surface area contributed by atoms with Crippen molar-refractivity contribution in [1.29, 1.82) is 5.26 Å². The molecule has 0 atom stereocenters. The van der Waals surface area contributed by atoms with E-state index in [0.29, 0.717) is 34.4 Å². The Morgan fingerprint density at radius 1 is 1.06 bits per heavy atom. The first-order valence-electron chi connectivity index (χ1n) is 10.4. The number of nitriles is 1. The maximum Gasteiger partial charge on any atom is 0.266 e. The van der Waals surface area contributed by atoms with Gasteiger partial charge < -0.3 is 14.8 Å². The fourth-order valence-electron chi connectivity index (χ4n) is 3.56. The van der Waals surface area contributed by atoms with E-state index in [-0.39, 0.29) is 5.57 Å². The molecule has 1 amide bonds. The zero-order valence-corrected chi connectivity index (χ0v) is 19.8. The topological polar surface area (TPSA) is 71.3 Å². The molecule has 0 spiro atoms. The molecule has 6 heteroatoms. The van der Waals surface area contributed by atoms with Gasteiger partial charge in [0.2, 0.25) is 0 Å². The second-order valence-corrected chi connectivity index (χ2v) is 8.15. The van der Waals surface area contributed by atoms with Gasteiger partial charge in [-0.15, -0.1) is 0 Å². The maximum atomic E-state index is 12.5. The molecule has 1 N–H and O–H groups in total. The molecule has 0 saturated carbocycles. The predicted molar refractivity (Wildman–Crippen MR) is 132 cm³/mol. The standard InChI is InChI=1S/C27H25ClN2O3/c1-17-10-18(2)24(19(3)11-17)16-33-25-9-8-20(13-26(25)32-4)12-21(15-29)27(31)30-23-7-5-6-22(28)14-23/h5-14H,16H2,1-4H3,(H,30,31)/b21-12+. The van der Waals surface area contributed by atoms with Crippen LogP contribution in [0.3, 0.4) is 0 Å². The molecule has 168 valence electrons. The van der Waals surface area contributed by atoms with Crippen molar-refractivity contribution in [2.45, 2.75) is 27.4 Å². The van der Waals surface area contributed by atoms with Crippen molar-refractivity contribution >= 4 is 29.3 Å². The van der Waals surface area contributed by atoms with Crippen LogP contribution in [-0.4, -0.2) is 13.0 Å². The number of rotatable bonds is 7. The van der Waals surface area contributed by atoms with E-state index in [4.69, 9.17) is 21.1 Å². The van der Waals surface area contributed by atoms with Gasteiger partial charge >= 0.3 is 0 Å². The summed E-state index contributed by atoms with van der Waals surface area (Å²) in [6.07, 6.45) is 1.50. The lowest BCUT2D eigenvalue weighted by molar-refractivity contribution is -0.112. The number of nitrogens with zero attached hydrogens (tertiary/aromatic N) is 1. The zero-order valence-electron chi connectivity index (χ0n) is 19.0. The molecule has 0 aliphatic carbocycles. The smallest absolute Gasteiger partial charge is 0.266 e. The van der Waals surface area contributed by atoms with Gasteiger partial charge in [0.05, 0.1) is 7.11 Å². The van der Waals surface area contributed by atoms with Crippen LogP contribution >= 0.6 is 11.6 Å². The van der Waals surface area contributed by atoms with Crippen molar-refractivity contribution in [3.8, 4) is 17.6 Å². The molecule has 0 radical (unpaired) electrons. The molecule has 3 aromatic rings. The molecule has 5 nitrogen and oxygen atoms in total. The van der Waals surface area contributed by atoms with Crippen LogP contribution in [0.25, 0.3) is 6.08 Å². The lowest BCUT2D eigenvalue weighted by atomic mass is 10.0. The summed E-state index contributed by atoms with van der Waals surface area (Å²) in [6.45, 7) is 6.63. The van der Waals surface area contributed by atoms with Gasteiger partial charge in [0, 0.05) is 10.7 Å². The second-order valence-electron chi connectivity index (χ2n) is 7.71. The number of hydrogen-bond donors (Lipinski definition) is 1. The number of halogens is 1. The number of carbonyl (C=O) groups excluding carboxylic acids is 1. The zero-order chi connectivity index (χ0) is 24.0. The van der Waals surface area contributed by atoms with Crippen LogP contribution in [0.4, 0.5) is 5.69 Å². The van der Waals surface area contributed by atoms with Gasteiger partial charge in [0.1, 0.15) is 18.2 Å². The quantitative estimate of drug-likeness (QED) is 0.327. The Kier molecular flexibility index (Phi) is 7.76. The molecule has 0 aliphatic heterocycles. The molecule has 33 heavy (non-hydrogen) atoms. The molecule has 0 aliphatic rings. The number of ether oxygens (including phenoxy) is 2. The first-order chi connectivity index (χ1) is 15.8. The van der Waals surface area contributed by atoms with Crippen molar-refractivity contribution in [3.63, 3.8) is 0 Å². The van der Waals surface area contributed by atoms with E-state index >= 15 is 0 Å². The van der Waals surface area contributed by atoms with Crippen LogP contribution < -0.4 is 14.8 Å². The van der Waals surface area contributed by atoms with Crippen molar-refractivity contribution < 1.29 is 14.3 Å². The number of carbonyl (C=O) groups is 1. The van der Waals surface area contributed by atoms with Crippen LogP contribution in [0.5, 0.6) is 11.5 Å². The van der Waals surface area contributed by atoms with E-state index in [9.17, 15) is 10.1 Å². The summed E-state index contributed by atoms with van der Waals surface area (Å²) in [5.41, 5.74) is 5.81. The molecule has 0 heterocycles. The molecule has 3 rings (SSSR count). The Morgan fingerprint density at radius 2 is 1.79 bits per heavy atom. The lowest BCUT2D eigenvalue weighted by Crippen LogP contribution is -2.13. The van der Waals surface area contributed by atoms with E-state index in [1.54, 1.807) is 49.6 Å². The summed E-state index contributed by atoms with van der Waals surface area (Å²) in [5.74, 6) is 0.569. The average Bonchev–Trinajstić information content (AvgIpc) is 2.77. The number of methoxy groups -OCH3 is 1. The van der Waals surface area contributed by atoms with Crippen LogP contribution in [0, 0.1) is 32.1 Å². The predicted octanol–water partition coefficient (Wildman–Crippen LogP) is 6.40. The highest BCUT2D eigenvalue weighted by molar-refractivity contribution is 6.31. The molecule has 0 bridgehead atoms. The summed E-state index contributed by atoms with van der Waals surface area (Å²) in [7, 11) is 1.55. The fourth-order valence-corrected chi connectivity index (χ4v) is 3.75. The van der Waals surface area contributed by atoms with Crippen LogP contribution in [0.1, 0.15) is 27.8 Å². The third-order valence-electron chi connectivity index (χ3n) is 5.16. The molecular formula is C27H25ClN2O3. The molecule has 0 fully saturated rings. The molecule has 0 aromatic heterocycles. The monoisotopic (exact) mass is 460 g/mol. The SMILES string of the molecule is COc1cc(/C=C(\C#N)C(=O)Nc2cccc(Cl)c2)ccc1OCc1c(C)cc(C)cc1C. The maximum absolute atomic E-state index is 12.5. The van der Waals surface area contributed by atoms with Gasteiger partial charge in [-0.3, -0.25) is 4.79 Å². The Morgan fingerprint density at radius 3 is 2.42 bits per heavy atom. The highest BCUT2D eigenvalue weighted by Gasteiger charge is 2.12. The summed E-state index contributed by atoms with van der Waals surface area (Å²) in [6, 6.07) is 18.2. The molecule has 3 aromatic carbocycles. The second kappa shape index (κ2) is 10.7. The lowest BCUT2D eigenvalue weighted by Gasteiger charge is -2.15. The highest BCUT2D eigenvalue weighted by Crippen LogP contribution is 2.30. The number of amides is 1. The number of benzene rings is 3. The van der Waals surface area contributed by atoms with Gasteiger partial charge in [-0.2, -0.15) is 5.26 Å². The van der Waals surface area contributed by atoms with Crippen molar-refractivity contribution in [3.05, 3.63) is 93.0 Å². The molecule has 0 saturated heterocycles. The summed E-state index contributed by atoms with van der Waals surface area (Å²) in [4.78, 5) is 12.5. The van der Waals surface area contributed by atoms with Crippen LogP contribution in [0.15, 0.2) is 60.2 Å². The summed E-state index contributed by atoms with van der Waals surface area (Å²) in [5, 5.41) is 12.7. The number of nitrogens with one attached hydrogen (secondary N) is 1. The highest BCUT2D eigenvalue weighted by atomic mass is 35.5. The van der Waals surface area contributed by atoms with Gasteiger partial charge in [-0.1, -0.05) is 41.4 Å². The van der Waals surface area contributed by atoms with E-state index in [1.165, 1.54) is 22.8 Å². The Bertz CT molecular complexity index is 1240. The van der Waals surface area contributed by atoms with E-state index < -0.39 is 5.91 Å². The third-order valence-corrected chi connectivity index (χ3v) is 5.39. The average molecular weight is 461 g/mol. The largest absolute Gasteiger partial charge is 0.493 e. The van der Waals surface area contributed by atoms with Crippen LogP contribution in [0.2, 0.25) is 5.02 Å². The number of anilines is 1. The Labute approximate surface area is 199 Å². The minimum absolute atomic E-state index is 0.0448. The van der Waals surface area contributed by atoms with Crippen LogP contribution in [-0.2, 0) is 11.4 Å². The fraction of sp³-hybridized carbons (Fsp3) is 0.185. The van der Waals surface area contributed by atoms with Gasteiger partial charge in [0.15, 0.2) is 11.5 Å². The van der Waals surface area contributed by atoms with E-state index in [0.717, 1.165) is 5.56 Å².